The largest absolute Gasteiger partial charge is 0.316 e. The maximum atomic E-state index is 6.02. The van der Waals surface area contributed by atoms with Crippen LogP contribution in [0.5, 0.6) is 0 Å². The van der Waals surface area contributed by atoms with Gasteiger partial charge in [-0.15, -0.1) is 11.8 Å². The molecular weight excluding hydrogens is 190 g/mol. The third kappa shape index (κ3) is 2.41. The second-order valence-corrected chi connectivity index (χ2v) is 3.75. The molecule has 0 aliphatic heterocycles. The van der Waals surface area contributed by atoms with Gasteiger partial charge in [-0.25, -0.2) is 0 Å². The molecule has 0 aliphatic rings. The van der Waals surface area contributed by atoms with Crippen LogP contribution in [0.3, 0.4) is 0 Å². The summed E-state index contributed by atoms with van der Waals surface area (Å²) in [6, 6.07) is 6.15. The number of rotatable bonds is 3. The molecule has 0 aromatic heterocycles. The molecule has 1 rings (SSSR count). The summed E-state index contributed by atoms with van der Waals surface area (Å²) in [5.41, 5.74) is 1.22. The molecule has 0 bridgehead atoms. The summed E-state index contributed by atoms with van der Waals surface area (Å²) in [7, 11) is 1.93. The van der Waals surface area contributed by atoms with Gasteiger partial charge in [0.1, 0.15) is 0 Å². The summed E-state index contributed by atoms with van der Waals surface area (Å²) < 4.78 is 0. The molecule has 0 fully saturated rings. The van der Waals surface area contributed by atoms with Crippen molar-refractivity contribution < 1.29 is 0 Å². The molecule has 0 heterocycles. The Hall–Kier alpha value is -0.180. The monoisotopic (exact) mass is 201 g/mol. The second-order valence-electron chi connectivity index (χ2n) is 2.50. The average Bonchev–Trinajstić information content (AvgIpc) is 2.05. The zero-order valence-corrected chi connectivity index (χ0v) is 8.80. The highest BCUT2D eigenvalue weighted by atomic mass is 35.5. The lowest BCUT2D eigenvalue weighted by Gasteiger charge is -2.03. The highest BCUT2D eigenvalue weighted by Gasteiger charge is 1.99. The Morgan fingerprint density at radius 1 is 1.50 bits per heavy atom. The van der Waals surface area contributed by atoms with E-state index >= 15 is 0 Å². The summed E-state index contributed by atoms with van der Waals surface area (Å²) in [6.07, 6.45) is 2.03. The standard InChI is InChI=1S/C9H12ClNS/c1-11-6-7-3-4-9(12-2)8(10)5-7/h3-5,11H,6H2,1-2H3. The maximum Gasteiger partial charge on any atom is 0.0544 e. The van der Waals surface area contributed by atoms with E-state index in [1.165, 1.54) is 5.56 Å². The summed E-state index contributed by atoms with van der Waals surface area (Å²) in [5, 5.41) is 3.93. The van der Waals surface area contributed by atoms with Crippen molar-refractivity contribution in [3.8, 4) is 0 Å². The molecule has 0 spiro atoms. The van der Waals surface area contributed by atoms with Crippen molar-refractivity contribution in [1.82, 2.24) is 5.32 Å². The molecule has 0 amide bonds. The zero-order chi connectivity index (χ0) is 8.97. The molecule has 3 heteroatoms. The Labute approximate surface area is 82.5 Å². The molecule has 1 nitrogen and oxygen atoms in total. The van der Waals surface area contributed by atoms with Gasteiger partial charge >= 0.3 is 0 Å². The van der Waals surface area contributed by atoms with Gasteiger partial charge in [0.2, 0.25) is 0 Å². The molecule has 12 heavy (non-hydrogen) atoms. The summed E-state index contributed by atoms with van der Waals surface area (Å²) in [4.78, 5) is 1.14. The van der Waals surface area contributed by atoms with Crippen molar-refractivity contribution in [2.75, 3.05) is 13.3 Å². The van der Waals surface area contributed by atoms with Gasteiger partial charge in [0, 0.05) is 11.4 Å². The predicted octanol–water partition coefficient (Wildman–Crippen LogP) is 2.78. The SMILES string of the molecule is CNCc1ccc(SC)c(Cl)c1. The van der Waals surface area contributed by atoms with Gasteiger partial charge in [0.25, 0.3) is 0 Å². The number of benzene rings is 1. The van der Waals surface area contributed by atoms with Crippen molar-refractivity contribution in [3.63, 3.8) is 0 Å². The van der Waals surface area contributed by atoms with E-state index in [1.54, 1.807) is 11.8 Å². The van der Waals surface area contributed by atoms with Gasteiger partial charge in [0.15, 0.2) is 0 Å². The first-order valence-electron chi connectivity index (χ1n) is 3.75. The Morgan fingerprint density at radius 2 is 2.25 bits per heavy atom. The van der Waals surface area contributed by atoms with Gasteiger partial charge < -0.3 is 5.32 Å². The van der Waals surface area contributed by atoms with Crippen LogP contribution in [0.15, 0.2) is 23.1 Å². The average molecular weight is 202 g/mol. The Morgan fingerprint density at radius 3 is 2.75 bits per heavy atom. The summed E-state index contributed by atoms with van der Waals surface area (Å²) in [6.45, 7) is 0.869. The Balaban J connectivity index is 2.86. The van der Waals surface area contributed by atoms with Gasteiger partial charge in [-0.2, -0.15) is 0 Å². The number of nitrogens with one attached hydrogen (secondary N) is 1. The van der Waals surface area contributed by atoms with Crippen molar-refractivity contribution in [2.45, 2.75) is 11.4 Å². The normalized spacial score (nSPS) is 10.2. The fraction of sp³-hybridized carbons (Fsp3) is 0.333. The first-order chi connectivity index (χ1) is 5.77. The van der Waals surface area contributed by atoms with Crippen LogP contribution in [0, 0.1) is 0 Å². The quantitative estimate of drug-likeness (QED) is 0.755. The van der Waals surface area contributed by atoms with E-state index < -0.39 is 0 Å². The van der Waals surface area contributed by atoms with Crippen LogP contribution in [0.25, 0.3) is 0 Å². The molecule has 0 saturated heterocycles. The molecule has 1 aromatic carbocycles. The van der Waals surface area contributed by atoms with Crippen LogP contribution in [0.1, 0.15) is 5.56 Å². The van der Waals surface area contributed by atoms with E-state index in [0.717, 1.165) is 16.5 Å². The van der Waals surface area contributed by atoms with Crippen LogP contribution in [0.2, 0.25) is 5.02 Å². The third-order valence-electron chi connectivity index (χ3n) is 1.60. The molecule has 1 aromatic rings. The number of thioether (sulfide) groups is 1. The van der Waals surface area contributed by atoms with Gasteiger partial charge in [-0.3, -0.25) is 0 Å². The van der Waals surface area contributed by atoms with Crippen molar-refractivity contribution in [2.24, 2.45) is 0 Å². The molecule has 0 atom stereocenters. The number of halogens is 1. The van der Waals surface area contributed by atoms with Crippen molar-refractivity contribution in [3.05, 3.63) is 28.8 Å². The minimum Gasteiger partial charge on any atom is -0.316 e. The molecular formula is C9H12ClNS. The van der Waals surface area contributed by atoms with Crippen LogP contribution in [0.4, 0.5) is 0 Å². The lowest BCUT2D eigenvalue weighted by atomic mass is 10.2. The fourth-order valence-corrected chi connectivity index (χ4v) is 1.92. The highest BCUT2D eigenvalue weighted by Crippen LogP contribution is 2.25. The van der Waals surface area contributed by atoms with Crippen molar-refractivity contribution in [1.29, 1.82) is 0 Å². The van der Waals surface area contributed by atoms with Crippen LogP contribution >= 0.6 is 23.4 Å². The molecule has 66 valence electrons. The summed E-state index contributed by atoms with van der Waals surface area (Å²) >= 11 is 7.69. The van der Waals surface area contributed by atoms with Crippen LogP contribution in [-0.2, 0) is 6.54 Å². The molecule has 0 saturated carbocycles. The minimum atomic E-state index is 0.843. The van der Waals surface area contributed by atoms with E-state index in [4.69, 9.17) is 11.6 Å². The minimum absolute atomic E-state index is 0.843. The molecule has 0 aliphatic carbocycles. The third-order valence-corrected chi connectivity index (χ3v) is 2.82. The van der Waals surface area contributed by atoms with Crippen LogP contribution < -0.4 is 5.32 Å². The van der Waals surface area contributed by atoms with E-state index in [9.17, 15) is 0 Å². The molecule has 1 N–H and O–H groups in total. The van der Waals surface area contributed by atoms with E-state index in [2.05, 4.69) is 17.4 Å². The first kappa shape index (κ1) is 9.90. The van der Waals surface area contributed by atoms with E-state index in [-0.39, 0.29) is 0 Å². The predicted molar refractivity (Wildman–Crippen MR) is 56.0 cm³/mol. The Bertz CT molecular complexity index is 263. The van der Waals surface area contributed by atoms with Gasteiger partial charge in [-0.05, 0) is 31.0 Å². The lowest BCUT2D eigenvalue weighted by Crippen LogP contribution is -2.04. The summed E-state index contributed by atoms with van der Waals surface area (Å²) in [5.74, 6) is 0. The molecule has 0 radical (unpaired) electrons. The Kier molecular flexibility index (Phi) is 3.92. The fourth-order valence-electron chi connectivity index (χ4n) is 1.02. The van der Waals surface area contributed by atoms with Gasteiger partial charge in [0.05, 0.1) is 5.02 Å². The van der Waals surface area contributed by atoms with Gasteiger partial charge in [-0.1, -0.05) is 17.7 Å². The lowest BCUT2D eigenvalue weighted by molar-refractivity contribution is 0.817. The smallest absolute Gasteiger partial charge is 0.0544 e. The first-order valence-corrected chi connectivity index (χ1v) is 5.35. The van der Waals surface area contributed by atoms with Crippen molar-refractivity contribution >= 4 is 23.4 Å². The van der Waals surface area contributed by atoms with E-state index in [0.29, 0.717) is 0 Å². The number of hydrogen-bond donors (Lipinski definition) is 1. The molecule has 0 unspecified atom stereocenters. The maximum absolute atomic E-state index is 6.02. The number of hydrogen-bond acceptors (Lipinski definition) is 2. The van der Waals surface area contributed by atoms with Crippen LogP contribution in [-0.4, -0.2) is 13.3 Å². The topological polar surface area (TPSA) is 12.0 Å². The highest BCUT2D eigenvalue weighted by molar-refractivity contribution is 7.98. The zero-order valence-electron chi connectivity index (χ0n) is 7.23. The second kappa shape index (κ2) is 4.75. The van der Waals surface area contributed by atoms with E-state index in [1.807, 2.05) is 19.4 Å².